The summed E-state index contributed by atoms with van der Waals surface area (Å²) in [6.07, 6.45) is 2.04. The van der Waals surface area contributed by atoms with Gasteiger partial charge >= 0.3 is 5.97 Å². The molecular weight excluding hydrogens is 452 g/mol. The molecule has 4 rings (SSSR count). The number of nitrogens with one attached hydrogen (secondary N) is 1. The number of aliphatic hydroxyl groups excluding tert-OH is 1. The highest BCUT2D eigenvalue weighted by molar-refractivity contribution is 8.02. The number of ether oxygens (including phenoxy) is 1. The van der Waals surface area contributed by atoms with Crippen LogP contribution in [0.4, 0.5) is 5.69 Å². The molecule has 186 valence electrons. The van der Waals surface area contributed by atoms with E-state index in [9.17, 15) is 19.5 Å². The summed E-state index contributed by atoms with van der Waals surface area (Å²) >= 11 is 1.62. The molecule has 3 fully saturated rings. The van der Waals surface area contributed by atoms with Crippen molar-refractivity contribution in [3.63, 3.8) is 0 Å². The molecule has 1 spiro atoms. The number of esters is 1. The number of hydrogen-bond acceptors (Lipinski definition) is 6. The Balaban J connectivity index is 1.77. The highest BCUT2D eigenvalue weighted by Crippen LogP contribution is 2.67. The van der Waals surface area contributed by atoms with Crippen LogP contribution in [0.25, 0.3) is 0 Å². The highest BCUT2D eigenvalue weighted by atomic mass is 32.2. The molecule has 8 heteroatoms. The lowest BCUT2D eigenvalue weighted by Gasteiger charge is -2.37. The maximum absolute atomic E-state index is 14.0. The number of fused-ring (bicyclic) bond motifs is 1. The average molecular weight is 489 g/mol. The summed E-state index contributed by atoms with van der Waals surface area (Å²) < 4.78 is 4.68. The van der Waals surface area contributed by atoms with Crippen LogP contribution >= 0.6 is 11.8 Å². The predicted molar refractivity (Wildman–Crippen MR) is 132 cm³/mol. The third-order valence-electron chi connectivity index (χ3n) is 7.62. The second-order valence-electron chi connectivity index (χ2n) is 10.3. The molecule has 2 amide bonds. The summed E-state index contributed by atoms with van der Waals surface area (Å²) in [7, 11) is 0. The van der Waals surface area contributed by atoms with Crippen molar-refractivity contribution in [2.24, 2.45) is 17.8 Å². The van der Waals surface area contributed by atoms with Gasteiger partial charge in [-0.1, -0.05) is 32.0 Å². The van der Waals surface area contributed by atoms with Crippen LogP contribution in [0.1, 0.15) is 51.2 Å². The van der Waals surface area contributed by atoms with Crippen LogP contribution in [0.3, 0.4) is 0 Å². The van der Waals surface area contributed by atoms with Gasteiger partial charge < -0.3 is 20.1 Å². The van der Waals surface area contributed by atoms with E-state index in [4.69, 9.17) is 4.74 Å². The van der Waals surface area contributed by atoms with E-state index >= 15 is 0 Å². The Labute approximate surface area is 206 Å². The zero-order chi connectivity index (χ0) is 24.8. The average Bonchev–Trinajstić information content (AvgIpc) is 3.42. The molecule has 6 atom stereocenters. The molecule has 0 saturated carbocycles. The van der Waals surface area contributed by atoms with Gasteiger partial charge in [0.2, 0.25) is 11.8 Å². The standard InChI is InChI=1S/C26H36N2O5S/c1-6-33-25(32)19-18-10-11-26(34-18)20(19)24(31)28(17(13-29)12-14(2)3)22(26)23(30)27-21-15(4)8-7-9-16(21)5/h7-9,14,17-20,22,29H,6,10-13H2,1-5H3,(H,27,30)/t17-,18-,19+,20+,22?,26?/m1/s1. The molecule has 3 aliphatic heterocycles. The van der Waals surface area contributed by atoms with Gasteiger partial charge in [0.25, 0.3) is 0 Å². The van der Waals surface area contributed by atoms with Crippen LogP contribution in [-0.4, -0.2) is 63.1 Å². The van der Waals surface area contributed by atoms with Gasteiger partial charge in [-0.25, -0.2) is 0 Å². The number of anilines is 1. The smallest absolute Gasteiger partial charge is 0.310 e. The Hall–Kier alpha value is -2.06. The fourth-order valence-electron chi connectivity index (χ4n) is 6.31. The van der Waals surface area contributed by atoms with Crippen molar-refractivity contribution >= 4 is 35.2 Å². The molecule has 0 aliphatic carbocycles. The van der Waals surface area contributed by atoms with Crippen LogP contribution in [0.15, 0.2) is 18.2 Å². The number of rotatable bonds is 8. The number of nitrogens with zero attached hydrogens (tertiary/aromatic N) is 1. The van der Waals surface area contributed by atoms with Crippen molar-refractivity contribution in [3.05, 3.63) is 29.3 Å². The van der Waals surface area contributed by atoms with Crippen LogP contribution in [0.2, 0.25) is 0 Å². The highest BCUT2D eigenvalue weighted by Gasteiger charge is 2.74. The quantitative estimate of drug-likeness (QED) is 0.545. The van der Waals surface area contributed by atoms with Gasteiger partial charge in [0, 0.05) is 10.9 Å². The number of carbonyl (C=O) groups excluding carboxylic acids is 3. The topological polar surface area (TPSA) is 95.9 Å². The number of benzene rings is 1. The molecular formula is C26H36N2O5S. The summed E-state index contributed by atoms with van der Waals surface area (Å²) in [5.74, 6) is -1.72. The molecule has 7 nitrogen and oxygen atoms in total. The van der Waals surface area contributed by atoms with Gasteiger partial charge in [-0.2, -0.15) is 0 Å². The minimum Gasteiger partial charge on any atom is -0.466 e. The summed E-state index contributed by atoms with van der Waals surface area (Å²) in [5, 5.41) is 13.4. The lowest BCUT2D eigenvalue weighted by atomic mass is 9.71. The first-order valence-corrected chi connectivity index (χ1v) is 13.2. The molecule has 34 heavy (non-hydrogen) atoms. The summed E-state index contributed by atoms with van der Waals surface area (Å²) in [6.45, 7) is 9.77. The Morgan fingerprint density at radius 1 is 1.29 bits per heavy atom. The number of hydrogen-bond donors (Lipinski definition) is 2. The van der Waals surface area contributed by atoms with E-state index in [1.807, 2.05) is 45.9 Å². The van der Waals surface area contributed by atoms with E-state index in [2.05, 4.69) is 5.32 Å². The number of aliphatic hydroxyl groups is 1. The second-order valence-corrected chi connectivity index (χ2v) is 11.9. The fraction of sp³-hybridized carbons (Fsp3) is 0.654. The Morgan fingerprint density at radius 2 is 1.97 bits per heavy atom. The van der Waals surface area contributed by atoms with E-state index in [1.165, 1.54) is 0 Å². The largest absolute Gasteiger partial charge is 0.466 e. The maximum Gasteiger partial charge on any atom is 0.310 e. The monoisotopic (exact) mass is 488 g/mol. The first-order valence-electron chi connectivity index (χ1n) is 12.3. The van der Waals surface area contributed by atoms with Gasteiger partial charge in [0.15, 0.2) is 0 Å². The Morgan fingerprint density at radius 3 is 2.56 bits per heavy atom. The van der Waals surface area contributed by atoms with Gasteiger partial charge in [0.1, 0.15) is 6.04 Å². The van der Waals surface area contributed by atoms with Crippen LogP contribution in [0.5, 0.6) is 0 Å². The lowest BCUT2D eigenvalue weighted by Crippen LogP contribution is -2.55. The number of thioether (sulfide) groups is 1. The minimum atomic E-state index is -0.755. The molecule has 3 saturated heterocycles. The van der Waals surface area contributed by atoms with E-state index in [-0.39, 0.29) is 42.2 Å². The number of para-hydroxylation sites is 1. The minimum absolute atomic E-state index is 0.0247. The van der Waals surface area contributed by atoms with Crippen molar-refractivity contribution in [2.75, 3.05) is 18.5 Å². The number of likely N-dealkylation sites (tertiary alicyclic amines) is 1. The summed E-state index contributed by atoms with van der Waals surface area (Å²) in [6, 6.07) is 4.61. The third-order valence-corrected chi connectivity index (χ3v) is 9.57. The van der Waals surface area contributed by atoms with Crippen molar-refractivity contribution < 1.29 is 24.2 Å². The molecule has 3 heterocycles. The molecule has 2 N–H and O–H groups in total. The molecule has 0 radical (unpaired) electrons. The first-order chi connectivity index (χ1) is 16.2. The number of amides is 2. The summed E-state index contributed by atoms with van der Waals surface area (Å²) in [4.78, 5) is 42.5. The van der Waals surface area contributed by atoms with Crippen molar-refractivity contribution in [3.8, 4) is 0 Å². The van der Waals surface area contributed by atoms with Crippen molar-refractivity contribution in [1.82, 2.24) is 4.90 Å². The maximum atomic E-state index is 14.0. The van der Waals surface area contributed by atoms with Gasteiger partial charge in [-0.05, 0) is 57.1 Å². The molecule has 1 aromatic rings. The van der Waals surface area contributed by atoms with E-state index in [0.717, 1.165) is 23.2 Å². The van der Waals surface area contributed by atoms with Crippen molar-refractivity contribution in [2.45, 2.75) is 76.0 Å². The van der Waals surface area contributed by atoms with Crippen LogP contribution in [-0.2, 0) is 19.1 Å². The number of aryl methyl sites for hydroxylation is 2. The van der Waals surface area contributed by atoms with E-state index < -0.39 is 28.7 Å². The zero-order valence-electron chi connectivity index (χ0n) is 20.7. The fourth-order valence-corrected chi connectivity index (χ4v) is 8.51. The lowest BCUT2D eigenvalue weighted by molar-refractivity contribution is -0.154. The van der Waals surface area contributed by atoms with Gasteiger partial charge in [-0.15, -0.1) is 11.8 Å². The molecule has 2 unspecified atom stereocenters. The van der Waals surface area contributed by atoms with Crippen molar-refractivity contribution in [1.29, 1.82) is 0 Å². The molecule has 3 aliphatic rings. The molecule has 0 aromatic heterocycles. The normalized spacial score (nSPS) is 30.6. The summed E-state index contributed by atoms with van der Waals surface area (Å²) in [5.41, 5.74) is 2.66. The Kier molecular flexibility index (Phi) is 7.02. The molecule has 2 bridgehead atoms. The number of carbonyl (C=O) groups is 3. The second kappa shape index (κ2) is 9.53. The molecule has 1 aromatic carbocycles. The zero-order valence-corrected chi connectivity index (χ0v) is 21.5. The van der Waals surface area contributed by atoms with Gasteiger partial charge in [-0.3, -0.25) is 14.4 Å². The SMILES string of the molecule is CCOC(=O)[C@@H]1[C@H]2C(=O)N([C@@H](CO)CC(C)C)C(C(=O)Nc3c(C)cccc3C)C23CC[C@H]1S3. The van der Waals surface area contributed by atoms with Gasteiger partial charge in [0.05, 0.1) is 35.8 Å². The Bertz CT molecular complexity index is 962. The predicted octanol–water partition coefficient (Wildman–Crippen LogP) is 3.30. The van der Waals surface area contributed by atoms with E-state index in [1.54, 1.807) is 23.6 Å². The van der Waals surface area contributed by atoms with Crippen LogP contribution < -0.4 is 5.32 Å². The third kappa shape index (κ3) is 3.92. The van der Waals surface area contributed by atoms with Crippen LogP contribution in [0, 0.1) is 31.6 Å². The van der Waals surface area contributed by atoms with E-state index in [0.29, 0.717) is 12.8 Å². The first kappa shape index (κ1) is 25.0.